The largest absolute Gasteiger partial charge is 0.220 e. The molecule has 0 bridgehead atoms. The second-order valence-corrected chi connectivity index (χ2v) is 9.02. The average Bonchev–Trinajstić information content (AvgIpc) is 3.44. The molecule has 4 aromatic carbocycles. The van der Waals surface area contributed by atoms with Crippen molar-refractivity contribution < 1.29 is 8.78 Å². The maximum Gasteiger partial charge on any atom is 0.138 e. The van der Waals surface area contributed by atoms with Crippen LogP contribution in [0.3, 0.4) is 0 Å². The third-order valence-electron chi connectivity index (χ3n) is 4.73. The van der Waals surface area contributed by atoms with Gasteiger partial charge >= 0.3 is 0 Å². The van der Waals surface area contributed by atoms with Crippen LogP contribution in [0.15, 0.2) is 117 Å². The van der Waals surface area contributed by atoms with Crippen LogP contribution >= 0.6 is 31.9 Å². The molecule has 0 saturated carbocycles. The second kappa shape index (κ2) is 14.4. The van der Waals surface area contributed by atoms with E-state index >= 15 is 0 Å². The fourth-order valence-electron chi connectivity index (χ4n) is 2.89. The quantitative estimate of drug-likeness (QED) is 0.0858. The van der Waals surface area contributed by atoms with Gasteiger partial charge in [-0.1, -0.05) is 70.8 Å². The summed E-state index contributed by atoms with van der Waals surface area (Å²) >= 11 is 6.14. The molecule has 5 aromatic rings. The molecule has 0 fully saturated rings. The number of rotatable bonds is 3. The molecule has 1 heterocycles. The van der Waals surface area contributed by atoms with Gasteiger partial charge in [0, 0.05) is 21.7 Å². The predicted octanol–water partition coefficient (Wildman–Crippen LogP) is 9.03. The molecule has 0 radical (unpaired) electrons. The van der Waals surface area contributed by atoms with Crippen LogP contribution in [0.1, 0.15) is 5.56 Å². The summed E-state index contributed by atoms with van der Waals surface area (Å²) in [6.07, 6.45) is 6.81. The van der Waals surface area contributed by atoms with Gasteiger partial charge in [-0.25, -0.2) is 13.5 Å². The summed E-state index contributed by atoms with van der Waals surface area (Å²) in [6, 6.07) is 28.1. The maximum absolute atomic E-state index is 13.5. The summed E-state index contributed by atoms with van der Waals surface area (Å²) < 4.78 is 28.7. The van der Waals surface area contributed by atoms with E-state index in [2.05, 4.69) is 58.1 Å². The Balaban J connectivity index is 0.000000177. The summed E-state index contributed by atoms with van der Waals surface area (Å²) in [6.45, 7) is 0. The Morgan fingerprint density at radius 1 is 0.842 bits per heavy atom. The molecule has 0 N–H and O–H groups in total. The van der Waals surface area contributed by atoms with Crippen LogP contribution in [-0.2, 0) is 0 Å². The van der Waals surface area contributed by atoms with Crippen LogP contribution in [0.5, 0.6) is 0 Å². The zero-order valence-corrected chi connectivity index (χ0v) is 22.8. The van der Waals surface area contributed by atoms with E-state index in [1.165, 1.54) is 12.1 Å². The lowest BCUT2D eigenvalue weighted by Crippen LogP contribution is -1.93. The first-order valence-corrected chi connectivity index (χ1v) is 12.4. The van der Waals surface area contributed by atoms with Crippen molar-refractivity contribution in [3.8, 4) is 29.3 Å². The fourth-order valence-corrected chi connectivity index (χ4v) is 3.38. The molecule has 0 amide bonds. The molecular weight excluding hydrogens is 618 g/mol. The van der Waals surface area contributed by atoms with Crippen molar-refractivity contribution in [2.24, 2.45) is 5.11 Å². The molecule has 188 valence electrons. The molecule has 5 rings (SSSR count). The van der Waals surface area contributed by atoms with Crippen molar-refractivity contribution in [3.63, 3.8) is 0 Å². The number of benzene rings is 4. The van der Waals surface area contributed by atoms with E-state index in [4.69, 9.17) is 12.0 Å². The van der Waals surface area contributed by atoms with Crippen molar-refractivity contribution in [2.45, 2.75) is 0 Å². The Kier molecular flexibility index (Phi) is 10.8. The van der Waals surface area contributed by atoms with Gasteiger partial charge < -0.3 is 0 Å². The van der Waals surface area contributed by atoms with E-state index in [1.807, 2.05) is 48.5 Å². The molecule has 6 nitrogen and oxygen atoms in total. The normalized spacial score (nSPS) is 9.55. The van der Waals surface area contributed by atoms with Crippen molar-refractivity contribution >= 4 is 37.5 Å². The second-order valence-electron chi connectivity index (χ2n) is 7.31. The Bertz CT molecular complexity index is 1580. The summed E-state index contributed by atoms with van der Waals surface area (Å²) in [5.74, 6) is 1.70. The highest BCUT2D eigenvalue weighted by Crippen LogP contribution is 2.23. The predicted molar refractivity (Wildman–Crippen MR) is 152 cm³/mol. The van der Waals surface area contributed by atoms with E-state index in [0.717, 1.165) is 5.69 Å². The Hall–Kier alpha value is -4.29. The molecule has 0 atom stereocenters. The van der Waals surface area contributed by atoms with Crippen LogP contribution in [0.4, 0.5) is 14.5 Å². The van der Waals surface area contributed by atoms with Crippen LogP contribution in [0, 0.1) is 24.0 Å². The lowest BCUT2D eigenvalue weighted by molar-refractivity contribution is 0.620. The van der Waals surface area contributed by atoms with Gasteiger partial charge in [0.2, 0.25) is 0 Å². The highest BCUT2D eigenvalue weighted by atomic mass is 79.9. The summed E-state index contributed by atoms with van der Waals surface area (Å²) in [5, 5.41) is 11.5. The molecule has 38 heavy (non-hydrogen) atoms. The highest BCUT2D eigenvalue weighted by molar-refractivity contribution is 9.10. The van der Waals surface area contributed by atoms with Gasteiger partial charge in [0.15, 0.2) is 0 Å². The molecule has 0 aliphatic heterocycles. The molecule has 10 heteroatoms. The molecular formula is C28H18Br2F2N6. The molecule has 0 aliphatic carbocycles. The summed E-state index contributed by atoms with van der Waals surface area (Å²) in [5.41, 5.74) is 11.4. The van der Waals surface area contributed by atoms with E-state index in [9.17, 15) is 8.78 Å². The maximum atomic E-state index is 13.5. The Morgan fingerprint density at radius 3 is 2.03 bits per heavy atom. The van der Waals surface area contributed by atoms with E-state index in [0.29, 0.717) is 31.5 Å². The van der Waals surface area contributed by atoms with E-state index in [-0.39, 0.29) is 11.6 Å². The van der Waals surface area contributed by atoms with Crippen LogP contribution in [-0.4, -0.2) is 15.0 Å². The third-order valence-corrected chi connectivity index (χ3v) is 6.02. The first-order chi connectivity index (χ1) is 18.4. The van der Waals surface area contributed by atoms with Gasteiger partial charge in [0.1, 0.15) is 17.3 Å². The van der Waals surface area contributed by atoms with Gasteiger partial charge in [-0.3, -0.25) is 0 Å². The molecule has 1 aromatic heterocycles. The first kappa shape index (κ1) is 28.3. The van der Waals surface area contributed by atoms with Gasteiger partial charge in [0.25, 0.3) is 0 Å². The molecule has 0 spiro atoms. The molecule has 0 saturated heterocycles. The minimum absolute atomic E-state index is 0.313. The lowest BCUT2D eigenvalue weighted by atomic mass is 10.2. The van der Waals surface area contributed by atoms with Crippen LogP contribution in [0.2, 0.25) is 0 Å². The Labute approximate surface area is 234 Å². The number of hydrogen-bond acceptors (Lipinski definition) is 3. The van der Waals surface area contributed by atoms with Gasteiger partial charge in [-0.15, -0.1) is 11.5 Å². The van der Waals surface area contributed by atoms with Crippen LogP contribution < -0.4 is 0 Å². The summed E-state index contributed by atoms with van der Waals surface area (Å²) in [7, 11) is 0. The van der Waals surface area contributed by atoms with Crippen molar-refractivity contribution in [2.75, 3.05) is 0 Å². The minimum atomic E-state index is -0.324. The number of hydrogen-bond donors (Lipinski definition) is 0. The monoisotopic (exact) mass is 634 g/mol. The first-order valence-electron chi connectivity index (χ1n) is 10.9. The third kappa shape index (κ3) is 8.39. The number of halogens is 4. The van der Waals surface area contributed by atoms with E-state index in [1.54, 1.807) is 47.3 Å². The SMILES string of the molecule is C#Cc1ccc(Br)c(F)c1.Fc1cc(-c2cn(-c3ccccc3)nn2)ccc1Br.[N-]=[N+]=Nc1ccccc1. The molecule has 0 unspecified atom stereocenters. The van der Waals surface area contributed by atoms with E-state index < -0.39 is 0 Å². The highest BCUT2D eigenvalue weighted by Gasteiger charge is 2.07. The summed E-state index contributed by atoms with van der Waals surface area (Å²) in [4.78, 5) is 2.63. The number of nitrogens with zero attached hydrogens (tertiary/aromatic N) is 6. The number of azide groups is 1. The topological polar surface area (TPSA) is 79.5 Å². The lowest BCUT2D eigenvalue weighted by Gasteiger charge is -1.99. The fraction of sp³-hybridized carbons (Fsp3) is 0. The molecule has 0 aliphatic rings. The standard InChI is InChI=1S/C14H9BrFN3.C8H4BrF.C6H5N3/c15-12-7-6-10(8-13(12)16)14-9-19(18-17-14)11-4-2-1-3-5-11;1-2-6-3-4-7(9)8(10)5-6;7-9-8-6-4-2-1-3-5-6/h1-9H;1,3-5H;1-5H. The van der Waals surface area contributed by atoms with Crippen molar-refractivity contribution in [3.05, 3.63) is 140 Å². The number of aromatic nitrogens is 3. The zero-order chi connectivity index (χ0) is 27.3. The Morgan fingerprint density at radius 2 is 1.45 bits per heavy atom. The van der Waals surface area contributed by atoms with Gasteiger partial charge in [-0.2, -0.15) is 0 Å². The average molecular weight is 636 g/mol. The van der Waals surface area contributed by atoms with Crippen LogP contribution in [0.25, 0.3) is 27.4 Å². The smallest absolute Gasteiger partial charge is 0.138 e. The van der Waals surface area contributed by atoms with Crippen molar-refractivity contribution in [1.82, 2.24) is 15.0 Å². The number of terminal acetylenes is 1. The minimum Gasteiger partial charge on any atom is -0.220 e. The zero-order valence-electron chi connectivity index (χ0n) is 19.6. The van der Waals surface area contributed by atoms with Crippen molar-refractivity contribution in [1.29, 1.82) is 0 Å². The van der Waals surface area contributed by atoms with Gasteiger partial charge in [0.05, 0.1) is 20.8 Å². The van der Waals surface area contributed by atoms with Gasteiger partial charge in [-0.05, 0) is 79.9 Å². The number of para-hydroxylation sites is 1.